The van der Waals surface area contributed by atoms with Gasteiger partial charge in [-0.1, -0.05) is 0 Å². The van der Waals surface area contributed by atoms with E-state index in [9.17, 15) is 4.79 Å². The molecular formula is C13H15NO2. The molecule has 3 nitrogen and oxygen atoms in total. The summed E-state index contributed by atoms with van der Waals surface area (Å²) < 4.78 is 5.28. The number of hydrogen-bond donors (Lipinski definition) is 0. The molecule has 0 N–H and O–H groups in total. The Kier molecular flexibility index (Phi) is 3.68. The largest absolute Gasteiger partial charge is 0.494 e. The molecule has 1 rings (SSSR count). The predicted molar refractivity (Wildman–Crippen MR) is 61.3 cm³/mol. The number of carbonyl (C=O) groups excluding carboxylic acids is 1. The zero-order valence-electron chi connectivity index (χ0n) is 9.78. The van der Waals surface area contributed by atoms with Crippen LogP contribution in [0.5, 0.6) is 5.75 Å². The van der Waals surface area contributed by atoms with Gasteiger partial charge in [0.1, 0.15) is 11.2 Å². The molecule has 1 aromatic rings. The van der Waals surface area contributed by atoms with Crippen LogP contribution in [0.1, 0.15) is 31.1 Å². The summed E-state index contributed by atoms with van der Waals surface area (Å²) in [7, 11) is 0. The Morgan fingerprint density at radius 3 is 2.38 bits per heavy atom. The van der Waals surface area contributed by atoms with Gasteiger partial charge in [0.2, 0.25) is 0 Å². The minimum Gasteiger partial charge on any atom is -0.494 e. The van der Waals surface area contributed by atoms with Gasteiger partial charge < -0.3 is 4.74 Å². The third kappa shape index (κ3) is 2.60. The van der Waals surface area contributed by atoms with Crippen molar-refractivity contribution in [1.82, 2.24) is 0 Å². The van der Waals surface area contributed by atoms with Gasteiger partial charge in [0.15, 0.2) is 5.78 Å². The Morgan fingerprint density at radius 2 is 1.94 bits per heavy atom. The second-order valence-corrected chi connectivity index (χ2v) is 4.02. The van der Waals surface area contributed by atoms with Crippen molar-refractivity contribution in [2.24, 2.45) is 5.41 Å². The summed E-state index contributed by atoms with van der Waals surface area (Å²) in [5.74, 6) is 0.562. The zero-order chi connectivity index (χ0) is 12.2. The average Bonchev–Trinajstić information content (AvgIpc) is 2.29. The molecule has 84 valence electrons. The van der Waals surface area contributed by atoms with Crippen LogP contribution in [-0.4, -0.2) is 12.4 Å². The van der Waals surface area contributed by atoms with Crippen LogP contribution in [0, 0.1) is 16.7 Å². The number of nitriles is 1. The molecule has 3 heteroatoms. The third-order valence-electron chi connectivity index (χ3n) is 2.27. The topological polar surface area (TPSA) is 50.1 Å². The van der Waals surface area contributed by atoms with Crippen LogP contribution in [0.2, 0.25) is 0 Å². The summed E-state index contributed by atoms with van der Waals surface area (Å²) in [5.41, 5.74) is -0.442. The van der Waals surface area contributed by atoms with Crippen LogP contribution in [0.4, 0.5) is 0 Å². The Hall–Kier alpha value is -1.82. The molecule has 0 aliphatic carbocycles. The summed E-state index contributed by atoms with van der Waals surface area (Å²) >= 11 is 0. The van der Waals surface area contributed by atoms with Crippen molar-refractivity contribution in [2.45, 2.75) is 20.8 Å². The highest BCUT2D eigenvalue weighted by atomic mass is 16.5. The van der Waals surface area contributed by atoms with E-state index in [4.69, 9.17) is 10.00 Å². The lowest BCUT2D eigenvalue weighted by Crippen LogP contribution is -2.22. The number of Topliss-reactive ketones (excluding diaryl/α,β-unsaturated/α-hetero) is 1. The molecule has 0 atom stereocenters. The smallest absolute Gasteiger partial charge is 0.182 e. The first kappa shape index (κ1) is 12.3. The highest BCUT2D eigenvalue weighted by Gasteiger charge is 2.28. The first-order valence-electron chi connectivity index (χ1n) is 5.20. The van der Waals surface area contributed by atoms with Gasteiger partial charge in [-0.25, -0.2) is 0 Å². The van der Waals surface area contributed by atoms with Crippen molar-refractivity contribution in [3.05, 3.63) is 29.8 Å². The van der Waals surface area contributed by atoms with E-state index in [1.165, 1.54) is 0 Å². The first-order valence-corrected chi connectivity index (χ1v) is 5.20. The average molecular weight is 217 g/mol. The molecule has 0 spiro atoms. The van der Waals surface area contributed by atoms with Crippen LogP contribution in [-0.2, 0) is 0 Å². The van der Waals surface area contributed by atoms with Crippen molar-refractivity contribution < 1.29 is 9.53 Å². The van der Waals surface area contributed by atoms with Crippen LogP contribution in [0.25, 0.3) is 0 Å². The molecule has 0 saturated carbocycles. The lowest BCUT2D eigenvalue weighted by Gasteiger charge is -2.13. The number of ketones is 1. The van der Waals surface area contributed by atoms with Crippen LogP contribution >= 0.6 is 0 Å². The van der Waals surface area contributed by atoms with Gasteiger partial charge in [-0.15, -0.1) is 0 Å². The molecule has 0 aliphatic heterocycles. The summed E-state index contributed by atoms with van der Waals surface area (Å²) in [6.45, 7) is 5.73. The van der Waals surface area contributed by atoms with E-state index >= 15 is 0 Å². The van der Waals surface area contributed by atoms with E-state index in [1.54, 1.807) is 38.1 Å². The van der Waals surface area contributed by atoms with Gasteiger partial charge in [-0.3, -0.25) is 4.79 Å². The Morgan fingerprint density at radius 1 is 1.38 bits per heavy atom. The number of rotatable bonds is 4. The fraction of sp³-hybridized carbons (Fsp3) is 0.385. The molecule has 1 aromatic carbocycles. The first-order chi connectivity index (χ1) is 7.51. The molecule has 0 radical (unpaired) electrons. The lowest BCUT2D eigenvalue weighted by molar-refractivity contribution is 0.0892. The maximum absolute atomic E-state index is 11.9. The molecule has 0 saturated heterocycles. The maximum Gasteiger partial charge on any atom is 0.182 e. The maximum atomic E-state index is 11.9. The van der Waals surface area contributed by atoms with Crippen LogP contribution in [0.15, 0.2) is 24.3 Å². The number of carbonyl (C=O) groups is 1. The highest BCUT2D eigenvalue weighted by Crippen LogP contribution is 2.22. The van der Waals surface area contributed by atoms with Crippen LogP contribution < -0.4 is 4.74 Å². The monoisotopic (exact) mass is 217 g/mol. The van der Waals surface area contributed by atoms with Crippen molar-refractivity contribution >= 4 is 5.78 Å². The van der Waals surface area contributed by atoms with Gasteiger partial charge in [0.25, 0.3) is 0 Å². The van der Waals surface area contributed by atoms with Crippen molar-refractivity contribution in [3.63, 3.8) is 0 Å². The minimum atomic E-state index is -0.979. The number of nitrogens with zero attached hydrogens (tertiary/aromatic N) is 1. The summed E-state index contributed by atoms with van der Waals surface area (Å²) in [6.07, 6.45) is 0. The standard InChI is InChI=1S/C13H15NO2/c1-4-16-11-7-5-10(6-8-11)12(15)13(2,3)9-14/h5-8H,4H2,1-3H3. The third-order valence-corrected chi connectivity index (χ3v) is 2.27. The fourth-order valence-corrected chi connectivity index (χ4v) is 1.28. The quantitative estimate of drug-likeness (QED) is 0.728. The van der Waals surface area contributed by atoms with Gasteiger partial charge in [-0.05, 0) is 45.0 Å². The van der Waals surface area contributed by atoms with E-state index in [0.717, 1.165) is 5.75 Å². The molecule has 0 aliphatic rings. The van der Waals surface area contributed by atoms with E-state index in [1.807, 2.05) is 13.0 Å². The summed E-state index contributed by atoms with van der Waals surface area (Å²) in [5, 5.41) is 8.87. The van der Waals surface area contributed by atoms with E-state index < -0.39 is 5.41 Å². The molecule has 0 bridgehead atoms. The SMILES string of the molecule is CCOc1ccc(C(=O)C(C)(C)C#N)cc1. The Labute approximate surface area is 95.7 Å². The Balaban J connectivity index is 2.91. The van der Waals surface area contributed by atoms with Crippen molar-refractivity contribution in [3.8, 4) is 11.8 Å². The van der Waals surface area contributed by atoms with E-state index in [2.05, 4.69) is 0 Å². The molecule has 0 aromatic heterocycles. The molecular weight excluding hydrogens is 202 g/mol. The minimum absolute atomic E-state index is 0.168. The predicted octanol–water partition coefficient (Wildman–Crippen LogP) is 2.82. The molecule has 0 amide bonds. The lowest BCUT2D eigenvalue weighted by atomic mass is 9.86. The number of benzene rings is 1. The molecule has 0 unspecified atom stereocenters. The fourth-order valence-electron chi connectivity index (χ4n) is 1.28. The summed E-state index contributed by atoms with van der Waals surface area (Å²) in [4.78, 5) is 11.9. The van der Waals surface area contributed by atoms with Crippen molar-refractivity contribution in [2.75, 3.05) is 6.61 Å². The molecule has 16 heavy (non-hydrogen) atoms. The number of hydrogen-bond acceptors (Lipinski definition) is 3. The van der Waals surface area contributed by atoms with Gasteiger partial charge in [-0.2, -0.15) is 5.26 Å². The number of ether oxygens (including phenoxy) is 1. The summed E-state index contributed by atoms with van der Waals surface area (Å²) in [6, 6.07) is 8.85. The van der Waals surface area contributed by atoms with Crippen molar-refractivity contribution in [1.29, 1.82) is 5.26 Å². The highest BCUT2D eigenvalue weighted by molar-refractivity contribution is 6.01. The second-order valence-electron chi connectivity index (χ2n) is 4.02. The normalized spacial score (nSPS) is 10.6. The van der Waals surface area contributed by atoms with Gasteiger partial charge in [0.05, 0.1) is 12.7 Å². The Bertz CT molecular complexity index is 413. The molecule has 0 heterocycles. The van der Waals surface area contributed by atoms with E-state index in [0.29, 0.717) is 12.2 Å². The second kappa shape index (κ2) is 4.80. The van der Waals surface area contributed by atoms with Gasteiger partial charge in [0, 0.05) is 5.56 Å². The zero-order valence-corrected chi connectivity index (χ0v) is 9.78. The van der Waals surface area contributed by atoms with Crippen LogP contribution in [0.3, 0.4) is 0 Å². The molecule has 0 fully saturated rings. The van der Waals surface area contributed by atoms with Gasteiger partial charge >= 0.3 is 0 Å². The van der Waals surface area contributed by atoms with E-state index in [-0.39, 0.29) is 5.78 Å².